The summed E-state index contributed by atoms with van der Waals surface area (Å²) in [5.41, 5.74) is 14.3. The van der Waals surface area contributed by atoms with Gasteiger partial charge in [0, 0.05) is 61.8 Å². The van der Waals surface area contributed by atoms with Gasteiger partial charge in [-0.1, -0.05) is 6.07 Å². The SMILES string of the molecule is CN1CCN(c2ccc(C=O)cc2)CC1.CN=C(N)c1ccc(-c2c(F)c(OC)cc(OC)c2F)cc1N. The summed E-state index contributed by atoms with van der Waals surface area (Å²) < 4.78 is 38.8. The highest BCUT2D eigenvalue weighted by atomic mass is 19.1. The lowest BCUT2D eigenvalue weighted by Crippen LogP contribution is -2.44. The number of nitrogens with zero attached hydrogens (tertiary/aromatic N) is 3. The van der Waals surface area contributed by atoms with Gasteiger partial charge in [-0.3, -0.25) is 9.79 Å². The van der Waals surface area contributed by atoms with E-state index in [9.17, 15) is 13.6 Å². The van der Waals surface area contributed by atoms with Crippen molar-refractivity contribution >= 4 is 23.5 Å². The van der Waals surface area contributed by atoms with Gasteiger partial charge in [-0.2, -0.15) is 0 Å². The zero-order valence-electron chi connectivity index (χ0n) is 22.0. The van der Waals surface area contributed by atoms with E-state index in [2.05, 4.69) is 21.8 Å². The summed E-state index contributed by atoms with van der Waals surface area (Å²) in [4.78, 5) is 19.0. The van der Waals surface area contributed by atoms with E-state index in [4.69, 9.17) is 20.9 Å². The lowest BCUT2D eigenvalue weighted by molar-refractivity contribution is 0.112. The molecule has 8 nitrogen and oxygen atoms in total. The first-order valence-electron chi connectivity index (χ1n) is 11.9. The molecule has 3 aromatic rings. The number of benzene rings is 3. The van der Waals surface area contributed by atoms with Crippen LogP contribution in [0.5, 0.6) is 11.5 Å². The van der Waals surface area contributed by atoms with E-state index in [0.717, 1.165) is 44.1 Å². The number of anilines is 2. The predicted molar refractivity (Wildman–Crippen MR) is 147 cm³/mol. The summed E-state index contributed by atoms with van der Waals surface area (Å²) in [6.45, 7) is 4.35. The fourth-order valence-electron chi connectivity index (χ4n) is 4.04. The Morgan fingerprint density at radius 3 is 2.00 bits per heavy atom. The Morgan fingerprint density at radius 1 is 0.947 bits per heavy atom. The Labute approximate surface area is 221 Å². The van der Waals surface area contributed by atoms with Gasteiger partial charge in [0.1, 0.15) is 12.1 Å². The van der Waals surface area contributed by atoms with Crippen LogP contribution >= 0.6 is 0 Å². The molecular formula is C28H33F2N5O3. The minimum absolute atomic E-state index is 0.129. The number of hydrogen-bond acceptors (Lipinski definition) is 7. The Kier molecular flexibility index (Phi) is 9.61. The van der Waals surface area contributed by atoms with Gasteiger partial charge in [0.2, 0.25) is 0 Å². The van der Waals surface area contributed by atoms with Crippen molar-refractivity contribution in [3.05, 3.63) is 71.3 Å². The number of halogens is 2. The van der Waals surface area contributed by atoms with Crippen LogP contribution in [0.1, 0.15) is 15.9 Å². The molecule has 4 N–H and O–H groups in total. The lowest BCUT2D eigenvalue weighted by Gasteiger charge is -2.34. The first-order valence-corrected chi connectivity index (χ1v) is 11.9. The highest BCUT2D eigenvalue weighted by Gasteiger charge is 2.22. The molecule has 0 aromatic heterocycles. The molecule has 3 aromatic carbocycles. The van der Waals surface area contributed by atoms with Crippen LogP contribution in [0.2, 0.25) is 0 Å². The third-order valence-electron chi connectivity index (χ3n) is 6.33. The number of rotatable bonds is 6. The average Bonchev–Trinajstić information content (AvgIpc) is 2.94. The molecule has 0 bridgehead atoms. The number of carbonyl (C=O) groups excluding carboxylic acids is 1. The third kappa shape index (κ3) is 6.38. The Hall–Kier alpha value is -4.18. The molecule has 1 saturated heterocycles. The van der Waals surface area contributed by atoms with Crippen LogP contribution in [0, 0.1) is 11.6 Å². The number of nitrogen functional groups attached to an aromatic ring is 1. The highest BCUT2D eigenvalue weighted by molar-refractivity contribution is 6.02. The summed E-state index contributed by atoms with van der Waals surface area (Å²) in [6, 6.07) is 13.4. The number of nitrogens with two attached hydrogens (primary N) is 2. The van der Waals surface area contributed by atoms with E-state index in [1.165, 1.54) is 39.1 Å². The molecule has 0 spiro atoms. The number of piperazine rings is 1. The molecule has 4 rings (SSSR count). The maximum absolute atomic E-state index is 14.5. The normalized spacial score (nSPS) is 13.9. The van der Waals surface area contributed by atoms with Crippen LogP contribution in [0.3, 0.4) is 0 Å². The number of methoxy groups -OCH3 is 2. The Bertz CT molecular complexity index is 1260. The molecule has 0 atom stereocenters. The largest absolute Gasteiger partial charge is 0.494 e. The maximum atomic E-state index is 14.5. The molecule has 10 heteroatoms. The summed E-state index contributed by atoms with van der Waals surface area (Å²) in [6.07, 6.45) is 0.883. The first-order chi connectivity index (χ1) is 18.2. The van der Waals surface area contributed by atoms with E-state index in [1.54, 1.807) is 6.07 Å². The van der Waals surface area contributed by atoms with Crippen molar-refractivity contribution in [2.24, 2.45) is 10.7 Å². The molecule has 38 heavy (non-hydrogen) atoms. The van der Waals surface area contributed by atoms with Gasteiger partial charge in [0.05, 0.1) is 19.8 Å². The summed E-state index contributed by atoms with van der Waals surface area (Å²) in [7, 11) is 6.24. The molecule has 0 saturated carbocycles. The molecule has 1 aliphatic heterocycles. The molecule has 0 aliphatic carbocycles. The van der Waals surface area contributed by atoms with Crippen molar-refractivity contribution in [3.63, 3.8) is 0 Å². The van der Waals surface area contributed by atoms with E-state index < -0.39 is 11.6 Å². The van der Waals surface area contributed by atoms with Gasteiger partial charge in [-0.15, -0.1) is 0 Å². The predicted octanol–water partition coefficient (Wildman–Crippen LogP) is 3.82. The van der Waals surface area contributed by atoms with Crippen LogP contribution in [0.4, 0.5) is 20.2 Å². The smallest absolute Gasteiger partial charge is 0.176 e. The number of hydrogen-bond donors (Lipinski definition) is 2. The molecule has 0 unspecified atom stereocenters. The average molecular weight is 526 g/mol. The zero-order valence-corrected chi connectivity index (χ0v) is 22.0. The molecule has 0 amide bonds. The topological polar surface area (TPSA) is 106 Å². The second-order valence-corrected chi connectivity index (χ2v) is 8.69. The zero-order chi connectivity index (χ0) is 27.8. The summed E-state index contributed by atoms with van der Waals surface area (Å²) in [5.74, 6) is -1.70. The summed E-state index contributed by atoms with van der Waals surface area (Å²) >= 11 is 0. The van der Waals surface area contributed by atoms with Gasteiger partial charge < -0.3 is 30.7 Å². The fraction of sp³-hybridized carbons (Fsp3) is 0.286. The number of aldehydes is 1. The summed E-state index contributed by atoms with van der Waals surface area (Å²) in [5, 5.41) is 0. The maximum Gasteiger partial charge on any atom is 0.176 e. The van der Waals surface area contributed by atoms with Crippen molar-refractivity contribution in [3.8, 4) is 22.6 Å². The van der Waals surface area contributed by atoms with E-state index in [-0.39, 0.29) is 34.1 Å². The molecule has 202 valence electrons. The number of likely N-dealkylation sites (N-methyl/N-ethyl adjacent to an activating group) is 1. The Balaban J connectivity index is 0.000000230. The van der Waals surface area contributed by atoms with Gasteiger partial charge in [0.15, 0.2) is 23.1 Å². The van der Waals surface area contributed by atoms with Crippen LogP contribution in [0.25, 0.3) is 11.1 Å². The molecule has 0 radical (unpaired) electrons. The fourth-order valence-corrected chi connectivity index (χ4v) is 4.04. The van der Waals surface area contributed by atoms with Gasteiger partial charge in [-0.05, 0) is 49.0 Å². The number of aliphatic imine (C=N–C) groups is 1. The van der Waals surface area contributed by atoms with Gasteiger partial charge in [0.25, 0.3) is 0 Å². The van der Waals surface area contributed by atoms with Crippen molar-refractivity contribution in [1.82, 2.24) is 4.90 Å². The second kappa shape index (κ2) is 12.9. The van der Waals surface area contributed by atoms with Crippen molar-refractivity contribution in [1.29, 1.82) is 0 Å². The highest BCUT2D eigenvalue weighted by Crippen LogP contribution is 2.38. The number of ether oxygens (including phenoxy) is 2. The Morgan fingerprint density at radius 2 is 1.53 bits per heavy atom. The minimum atomic E-state index is -0.838. The number of carbonyl (C=O) groups is 1. The van der Waals surface area contributed by atoms with Crippen LogP contribution in [-0.4, -0.2) is 71.5 Å². The standard InChI is InChI=1S/C16H17F2N3O2.C12H16N2O/c1-21-16(20)9-5-4-8(6-10(9)19)13-14(17)11(22-2)7-12(23-3)15(13)18;1-13-6-8-14(9-7-13)12-4-2-11(10-15)3-5-12/h4-7H,19H2,1-3H3,(H2,20,21);2-5,10H,6-9H2,1H3. The van der Waals surface area contributed by atoms with Crippen LogP contribution < -0.4 is 25.8 Å². The first kappa shape index (κ1) is 28.4. The van der Waals surface area contributed by atoms with E-state index >= 15 is 0 Å². The van der Waals surface area contributed by atoms with Gasteiger partial charge in [-0.25, -0.2) is 8.78 Å². The van der Waals surface area contributed by atoms with Crippen molar-refractivity contribution in [2.75, 3.05) is 65.1 Å². The monoisotopic (exact) mass is 525 g/mol. The van der Waals surface area contributed by atoms with Crippen LogP contribution in [0.15, 0.2) is 53.5 Å². The molecule has 1 heterocycles. The van der Waals surface area contributed by atoms with E-state index in [0.29, 0.717) is 5.56 Å². The molecule has 1 aliphatic rings. The third-order valence-corrected chi connectivity index (χ3v) is 6.33. The van der Waals surface area contributed by atoms with Gasteiger partial charge >= 0.3 is 0 Å². The molecular weight excluding hydrogens is 492 g/mol. The lowest BCUT2D eigenvalue weighted by atomic mass is 10.00. The van der Waals surface area contributed by atoms with Crippen molar-refractivity contribution in [2.45, 2.75) is 0 Å². The quantitative estimate of drug-likeness (QED) is 0.218. The minimum Gasteiger partial charge on any atom is -0.494 e. The number of amidine groups is 1. The second-order valence-electron chi connectivity index (χ2n) is 8.69. The molecule has 1 fully saturated rings. The van der Waals surface area contributed by atoms with E-state index in [1.807, 2.05) is 24.3 Å². The van der Waals surface area contributed by atoms with Crippen molar-refractivity contribution < 1.29 is 23.0 Å². The van der Waals surface area contributed by atoms with Crippen LogP contribution in [-0.2, 0) is 0 Å².